The number of ether oxygens (including phenoxy) is 1. The van der Waals surface area contributed by atoms with Crippen molar-refractivity contribution < 1.29 is 14.3 Å². The van der Waals surface area contributed by atoms with Crippen LogP contribution in [0, 0.1) is 5.41 Å². The summed E-state index contributed by atoms with van der Waals surface area (Å²) in [6, 6.07) is 14.0. The summed E-state index contributed by atoms with van der Waals surface area (Å²) < 4.78 is 4.53. The van der Waals surface area contributed by atoms with Crippen LogP contribution in [0.25, 0.3) is 0 Å². The highest BCUT2D eigenvalue weighted by Gasteiger charge is 2.24. The standard InChI is InChI=1S/C23H19Cl2N3O3S/c1-31-23(30)28-22(32)27-15-7-8-16(21(29)13-5-3-2-4-6-13)14(11-15)12-17-18(24)9-10-19(26)20(17)25/h2-11,20,26H,12H2,1H3,(H2,27,28,30,32). The summed E-state index contributed by atoms with van der Waals surface area (Å²) in [5, 5.41) is 13.0. The van der Waals surface area contributed by atoms with E-state index in [1.54, 1.807) is 54.6 Å². The van der Waals surface area contributed by atoms with Gasteiger partial charge >= 0.3 is 6.09 Å². The van der Waals surface area contributed by atoms with E-state index in [2.05, 4.69) is 15.4 Å². The van der Waals surface area contributed by atoms with E-state index in [0.29, 0.717) is 33.0 Å². The number of ketones is 1. The van der Waals surface area contributed by atoms with Crippen LogP contribution in [-0.4, -0.2) is 35.2 Å². The van der Waals surface area contributed by atoms with Gasteiger partial charge < -0.3 is 15.5 Å². The molecule has 1 unspecified atom stereocenters. The van der Waals surface area contributed by atoms with Crippen molar-refractivity contribution in [1.82, 2.24) is 5.32 Å². The molecule has 3 N–H and O–H groups in total. The third-order valence-electron chi connectivity index (χ3n) is 4.72. The highest BCUT2D eigenvalue weighted by molar-refractivity contribution is 7.80. The Morgan fingerprint density at radius 2 is 1.88 bits per heavy atom. The summed E-state index contributed by atoms with van der Waals surface area (Å²) in [7, 11) is 1.23. The predicted molar refractivity (Wildman–Crippen MR) is 131 cm³/mol. The number of alkyl carbamates (subject to hydrolysis) is 1. The number of hydrogen-bond donors (Lipinski definition) is 3. The van der Waals surface area contributed by atoms with Crippen molar-refractivity contribution in [3.8, 4) is 0 Å². The number of methoxy groups -OCH3 is 1. The number of amides is 1. The SMILES string of the molecule is COC(=O)NC(=S)Nc1ccc(C(=O)c2ccccc2)c(CC2=C(Cl)C=CC(=N)C2Cl)c1. The van der Waals surface area contributed by atoms with Gasteiger partial charge in [0.15, 0.2) is 10.9 Å². The Morgan fingerprint density at radius 1 is 1.16 bits per heavy atom. The number of nitrogens with one attached hydrogen (secondary N) is 3. The van der Waals surface area contributed by atoms with Crippen molar-refractivity contribution in [2.24, 2.45) is 0 Å². The monoisotopic (exact) mass is 487 g/mol. The number of allylic oxidation sites excluding steroid dienone is 4. The van der Waals surface area contributed by atoms with Gasteiger partial charge in [0.1, 0.15) is 0 Å². The van der Waals surface area contributed by atoms with Crippen LogP contribution in [0.1, 0.15) is 21.5 Å². The Morgan fingerprint density at radius 3 is 2.56 bits per heavy atom. The van der Waals surface area contributed by atoms with E-state index in [-0.39, 0.29) is 23.0 Å². The lowest BCUT2D eigenvalue weighted by Crippen LogP contribution is -2.33. The molecule has 1 aliphatic carbocycles. The van der Waals surface area contributed by atoms with E-state index >= 15 is 0 Å². The average molecular weight is 488 g/mol. The second-order valence-corrected chi connectivity index (χ2v) is 8.09. The molecule has 0 saturated carbocycles. The molecule has 2 aromatic carbocycles. The lowest BCUT2D eigenvalue weighted by atomic mass is 9.90. The largest absolute Gasteiger partial charge is 0.453 e. The molecule has 0 aromatic heterocycles. The van der Waals surface area contributed by atoms with E-state index < -0.39 is 11.5 Å². The highest BCUT2D eigenvalue weighted by Crippen LogP contribution is 2.30. The van der Waals surface area contributed by atoms with Crippen LogP contribution >= 0.6 is 35.4 Å². The van der Waals surface area contributed by atoms with Crippen molar-refractivity contribution in [3.63, 3.8) is 0 Å². The molecule has 0 saturated heterocycles. The number of halogens is 2. The lowest BCUT2D eigenvalue weighted by Gasteiger charge is -2.20. The first-order valence-electron chi connectivity index (χ1n) is 9.48. The van der Waals surface area contributed by atoms with E-state index in [0.717, 1.165) is 0 Å². The van der Waals surface area contributed by atoms with Crippen molar-refractivity contribution in [2.45, 2.75) is 11.8 Å². The molecular weight excluding hydrogens is 469 g/mol. The molecule has 0 bridgehead atoms. The van der Waals surface area contributed by atoms with Crippen molar-refractivity contribution in [3.05, 3.63) is 88.0 Å². The molecule has 0 radical (unpaired) electrons. The third kappa shape index (κ3) is 5.62. The number of benzene rings is 2. The van der Waals surface area contributed by atoms with Crippen LogP contribution < -0.4 is 10.6 Å². The molecule has 0 fully saturated rings. The second kappa shape index (κ2) is 10.5. The van der Waals surface area contributed by atoms with Gasteiger partial charge in [-0.05, 0) is 60.1 Å². The van der Waals surface area contributed by atoms with Crippen LogP contribution in [-0.2, 0) is 11.2 Å². The Labute approximate surface area is 200 Å². The molecule has 3 rings (SSSR count). The quantitative estimate of drug-likeness (QED) is 0.306. The Kier molecular flexibility index (Phi) is 7.80. The van der Waals surface area contributed by atoms with Crippen molar-refractivity contribution >= 4 is 63.8 Å². The summed E-state index contributed by atoms with van der Waals surface area (Å²) in [6.45, 7) is 0. The lowest BCUT2D eigenvalue weighted by molar-refractivity contribution is 0.103. The fourth-order valence-electron chi connectivity index (χ4n) is 3.13. The molecule has 164 valence electrons. The summed E-state index contributed by atoms with van der Waals surface area (Å²) in [4.78, 5) is 24.6. The maximum atomic E-state index is 13.2. The Balaban J connectivity index is 1.99. The zero-order chi connectivity index (χ0) is 23.3. The minimum Gasteiger partial charge on any atom is -0.453 e. The van der Waals surface area contributed by atoms with Gasteiger partial charge in [-0.15, -0.1) is 11.6 Å². The molecule has 1 aliphatic rings. The van der Waals surface area contributed by atoms with Crippen molar-refractivity contribution in [1.29, 1.82) is 5.41 Å². The maximum absolute atomic E-state index is 13.2. The maximum Gasteiger partial charge on any atom is 0.413 e. The van der Waals surface area contributed by atoms with Crippen LogP contribution in [0.3, 0.4) is 0 Å². The molecule has 1 amide bonds. The molecule has 0 heterocycles. The van der Waals surface area contributed by atoms with E-state index in [4.69, 9.17) is 40.8 Å². The summed E-state index contributed by atoms with van der Waals surface area (Å²) in [5.74, 6) is -0.160. The van der Waals surface area contributed by atoms with Crippen LogP contribution in [0.4, 0.5) is 10.5 Å². The van der Waals surface area contributed by atoms with Gasteiger partial charge in [0.05, 0.1) is 18.2 Å². The zero-order valence-corrected chi connectivity index (χ0v) is 19.3. The topological polar surface area (TPSA) is 91.3 Å². The minimum absolute atomic E-state index is 0.0415. The molecule has 2 aromatic rings. The number of alkyl halides is 1. The van der Waals surface area contributed by atoms with E-state index in [1.165, 1.54) is 7.11 Å². The number of carbonyl (C=O) groups is 2. The molecule has 9 heteroatoms. The van der Waals surface area contributed by atoms with Gasteiger partial charge in [0.25, 0.3) is 0 Å². The fourth-order valence-corrected chi connectivity index (χ4v) is 3.90. The van der Waals surface area contributed by atoms with Gasteiger partial charge in [-0.25, -0.2) is 4.79 Å². The molecule has 32 heavy (non-hydrogen) atoms. The number of carbonyl (C=O) groups excluding carboxylic acids is 2. The number of hydrogen-bond acceptors (Lipinski definition) is 5. The Hall–Kier alpha value is -3.00. The highest BCUT2D eigenvalue weighted by atomic mass is 35.5. The first-order chi connectivity index (χ1) is 15.3. The summed E-state index contributed by atoms with van der Waals surface area (Å²) in [5.41, 5.74) is 3.05. The molecule has 0 aliphatic heterocycles. The first-order valence-corrected chi connectivity index (χ1v) is 10.7. The van der Waals surface area contributed by atoms with E-state index in [9.17, 15) is 9.59 Å². The average Bonchev–Trinajstić information content (AvgIpc) is 2.79. The van der Waals surface area contributed by atoms with Crippen LogP contribution in [0.5, 0.6) is 0 Å². The smallest absolute Gasteiger partial charge is 0.413 e. The summed E-state index contributed by atoms with van der Waals surface area (Å²) >= 11 is 17.9. The normalized spacial score (nSPS) is 15.3. The van der Waals surface area contributed by atoms with E-state index in [1.807, 2.05) is 6.07 Å². The van der Waals surface area contributed by atoms with Gasteiger partial charge in [0.2, 0.25) is 0 Å². The minimum atomic E-state index is -0.703. The molecule has 6 nitrogen and oxygen atoms in total. The second-order valence-electron chi connectivity index (χ2n) is 6.84. The van der Waals surface area contributed by atoms with Crippen LogP contribution in [0.15, 0.2) is 71.3 Å². The number of anilines is 1. The summed E-state index contributed by atoms with van der Waals surface area (Å²) in [6.07, 6.45) is 2.72. The number of rotatable bonds is 5. The zero-order valence-electron chi connectivity index (χ0n) is 16.9. The predicted octanol–water partition coefficient (Wildman–Crippen LogP) is 5.20. The van der Waals surface area contributed by atoms with Gasteiger partial charge in [-0.1, -0.05) is 41.9 Å². The Bertz CT molecular complexity index is 1150. The van der Waals surface area contributed by atoms with Crippen LogP contribution in [0.2, 0.25) is 0 Å². The molecule has 0 spiro atoms. The molecule has 1 atom stereocenters. The number of thiocarbonyl (C=S) groups is 1. The van der Waals surface area contributed by atoms with Gasteiger partial charge in [-0.3, -0.25) is 10.1 Å². The first kappa shape index (κ1) is 23.7. The third-order valence-corrected chi connectivity index (χ3v) is 5.79. The fraction of sp³-hybridized carbons (Fsp3) is 0.130. The van der Waals surface area contributed by atoms with Gasteiger partial charge in [-0.2, -0.15) is 0 Å². The van der Waals surface area contributed by atoms with Crippen molar-refractivity contribution in [2.75, 3.05) is 12.4 Å². The molecular formula is C23H19Cl2N3O3S. The van der Waals surface area contributed by atoms with Gasteiger partial charge in [0, 0.05) is 21.8 Å².